The van der Waals surface area contributed by atoms with Crippen LogP contribution in [0, 0.1) is 0 Å². The molecule has 0 amide bonds. The number of rotatable bonds is 5. The van der Waals surface area contributed by atoms with Crippen LogP contribution in [0.15, 0.2) is 12.3 Å². The molecule has 0 spiro atoms. The molecule has 1 heterocycles. The van der Waals surface area contributed by atoms with Crippen LogP contribution in [0.5, 0.6) is 0 Å². The molecule has 1 aromatic rings. The predicted molar refractivity (Wildman–Crippen MR) is 65.6 cm³/mol. The number of pyridine rings is 1. The summed E-state index contributed by atoms with van der Waals surface area (Å²) in [4.78, 5) is 3.70. The summed E-state index contributed by atoms with van der Waals surface area (Å²) in [5.74, 6) is 0.259. The van der Waals surface area contributed by atoms with Gasteiger partial charge >= 0.3 is 6.18 Å². The molecule has 1 atom stereocenters. The molecule has 0 bridgehead atoms. The number of hydrogen-bond donors (Lipinski definition) is 2. The molecule has 1 rings (SSSR count). The van der Waals surface area contributed by atoms with Crippen molar-refractivity contribution in [2.45, 2.75) is 32.0 Å². The molecular weight excluding hydrogens is 267 g/mol. The molecule has 0 saturated heterocycles. The van der Waals surface area contributed by atoms with Gasteiger partial charge in [-0.2, -0.15) is 13.2 Å². The fourth-order valence-corrected chi connectivity index (χ4v) is 1.65. The van der Waals surface area contributed by atoms with Gasteiger partial charge in [0.05, 0.1) is 10.6 Å². The van der Waals surface area contributed by atoms with Crippen molar-refractivity contribution in [3.63, 3.8) is 0 Å². The molecule has 102 valence electrons. The number of aromatic nitrogens is 1. The van der Waals surface area contributed by atoms with Gasteiger partial charge < -0.3 is 11.1 Å². The van der Waals surface area contributed by atoms with E-state index in [1.54, 1.807) is 0 Å². The summed E-state index contributed by atoms with van der Waals surface area (Å²) < 4.78 is 37.2. The fraction of sp³-hybridized carbons (Fsp3) is 0.545. The molecule has 0 aliphatic heterocycles. The van der Waals surface area contributed by atoms with Crippen molar-refractivity contribution in [1.82, 2.24) is 4.98 Å². The Morgan fingerprint density at radius 3 is 2.67 bits per heavy atom. The first-order chi connectivity index (χ1) is 8.34. The van der Waals surface area contributed by atoms with E-state index in [0.717, 1.165) is 25.1 Å². The Morgan fingerprint density at radius 2 is 2.17 bits per heavy atom. The van der Waals surface area contributed by atoms with Crippen LogP contribution >= 0.6 is 11.6 Å². The summed E-state index contributed by atoms with van der Waals surface area (Å²) in [6.07, 6.45) is -2.04. The fourth-order valence-electron chi connectivity index (χ4n) is 1.43. The number of nitrogens with zero attached hydrogens (tertiary/aromatic N) is 1. The van der Waals surface area contributed by atoms with E-state index in [1.165, 1.54) is 0 Å². The lowest BCUT2D eigenvalue weighted by molar-refractivity contribution is -0.137. The minimum absolute atomic E-state index is 0.0376. The smallest absolute Gasteiger partial charge is 0.366 e. The van der Waals surface area contributed by atoms with Crippen LogP contribution in [-0.4, -0.2) is 17.6 Å². The molecule has 3 N–H and O–H groups in total. The van der Waals surface area contributed by atoms with Gasteiger partial charge in [0.15, 0.2) is 0 Å². The van der Waals surface area contributed by atoms with Crippen LogP contribution in [0.25, 0.3) is 0 Å². The Morgan fingerprint density at radius 1 is 1.50 bits per heavy atom. The molecule has 7 heteroatoms. The molecule has 0 aliphatic rings. The van der Waals surface area contributed by atoms with Gasteiger partial charge in [0, 0.05) is 12.2 Å². The van der Waals surface area contributed by atoms with E-state index in [9.17, 15) is 13.2 Å². The summed E-state index contributed by atoms with van der Waals surface area (Å²) in [7, 11) is 0. The normalized spacial score (nSPS) is 13.4. The maximum Gasteiger partial charge on any atom is 0.417 e. The van der Waals surface area contributed by atoms with Crippen LogP contribution in [0.3, 0.4) is 0 Å². The lowest BCUT2D eigenvalue weighted by Gasteiger charge is -2.16. The van der Waals surface area contributed by atoms with Crippen LogP contribution in [0.1, 0.15) is 25.3 Å². The molecule has 0 aliphatic carbocycles. The van der Waals surface area contributed by atoms with E-state index < -0.39 is 11.7 Å². The highest BCUT2D eigenvalue weighted by Crippen LogP contribution is 2.32. The summed E-state index contributed by atoms with van der Waals surface area (Å²) in [5, 5.41) is 2.92. The Hall–Kier alpha value is -1.01. The van der Waals surface area contributed by atoms with E-state index in [-0.39, 0.29) is 16.9 Å². The average molecular weight is 282 g/mol. The number of hydrogen-bond acceptors (Lipinski definition) is 3. The molecule has 1 aromatic heterocycles. The van der Waals surface area contributed by atoms with Crippen molar-refractivity contribution in [2.24, 2.45) is 5.73 Å². The van der Waals surface area contributed by atoms with Gasteiger partial charge in [-0.3, -0.25) is 0 Å². The van der Waals surface area contributed by atoms with Gasteiger partial charge in [0.25, 0.3) is 0 Å². The molecular formula is C11H15ClF3N3. The number of anilines is 1. The Balaban J connectivity index is 2.74. The highest BCUT2D eigenvalue weighted by molar-refractivity contribution is 6.32. The first-order valence-corrected chi connectivity index (χ1v) is 5.91. The number of nitrogens with two attached hydrogens (primary N) is 1. The van der Waals surface area contributed by atoms with Gasteiger partial charge in [-0.25, -0.2) is 4.98 Å². The summed E-state index contributed by atoms with van der Waals surface area (Å²) in [6, 6.07) is 0.919. The largest absolute Gasteiger partial charge is 0.417 e. The number of nitrogens with one attached hydrogen (secondary N) is 1. The second-order valence-electron chi connectivity index (χ2n) is 4.03. The summed E-state index contributed by atoms with van der Waals surface area (Å²) >= 11 is 5.76. The SMILES string of the molecule is CC(CCCN)Nc1ncc(C(F)(F)F)cc1Cl. The lowest BCUT2D eigenvalue weighted by Crippen LogP contribution is -2.18. The molecule has 1 unspecified atom stereocenters. The zero-order valence-corrected chi connectivity index (χ0v) is 10.6. The molecule has 0 aromatic carbocycles. The van der Waals surface area contributed by atoms with Gasteiger partial charge in [0.1, 0.15) is 5.82 Å². The maximum absolute atomic E-state index is 12.4. The third-order valence-corrected chi connectivity index (χ3v) is 2.68. The zero-order chi connectivity index (χ0) is 13.8. The van der Waals surface area contributed by atoms with Crippen molar-refractivity contribution in [3.8, 4) is 0 Å². The van der Waals surface area contributed by atoms with Crippen LogP contribution in [0.4, 0.5) is 19.0 Å². The molecule has 0 radical (unpaired) electrons. The first kappa shape index (κ1) is 15.0. The maximum atomic E-state index is 12.4. The van der Waals surface area contributed by atoms with E-state index in [0.29, 0.717) is 6.54 Å². The average Bonchev–Trinajstić information content (AvgIpc) is 2.27. The zero-order valence-electron chi connectivity index (χ0n) is 9.89. The predicted octanol–water partition coefficient (Wildman–Crippen LogP) is 3.29. The van der Waals surface area contributed by atoms with Gasteiger partial charge in [-0.15, -0.1) is 0 Å². The highest BCUT2D eigenvalue weighted by Gasteiger charge is 2.31. The molecule has 3 nitrogen and oxygen atoms in total. The van der Waals surface area contributed by atoms with Crippen LogP contribution in [-0.2, 0) is 6.18 Å². The monoisotopic (exact) mass is 281 g/mol. The quantitative estimate of drug-likeness (QED) is 0.871. The van der Waals surface area contributed by atoms with Crippen molar-refractivity contribution in [3.05, 3.63) is 22.8 Å². The highest BCUT2D eigenvalue weighted by atomic mass is 35.5. The topological polar surface area (TPSA) is 50.9 Å². The van der Waals surface area contributed by atoms with E-state index in [2.05, 4.69) is 10.3 Å². The Kier molecular flexibility index (Phi) is 5.22. The summed E-state index contributed by atoms with van der Waals surface area (Å²) in [5.41, 5.74) is 4.52. The third kappa shape index (κ3) is 4.34. The van der Waals surface area contributed by atoms with Gasteiger partial charge in [-0.05, 0) is 32.4 Å². The van der Waals surface area contributed by atoms with Crippen LogP contribution in [0.2, 0.25) is 5.02 Å². The Bertz CT molecular complexity index is 396. The van der Waals surface area contributed by atoms with Crippen molar-refractivity contribution in [1.29, 1.82) is 0 Å². The van der Waals surface area contributed by atoms with E-state index in [1.807, 2.05) is 6.92 Å². The van der Waals surface area contributed by atoms with Crippen LogP contribution < -0.4 is 11.1 Å². The van der Waals surface area contributed by atoms with Gasteiger partial charge in [-0.1, -0.05) is 11.6 Å². The van der Waals surface area contributed by atoms with Crippen molar-refractivity contribution < 1.29 is 13.2 Å². The van der Waals surface area contributed by atoms with Crippen molar-refractivity contribution in [2.75, 3.05) is 11.9 Å². The second-order valence-corrected chi connectivity index (χ2v) is 4.44. The standard InChI is InChI=1S/C11H15ClF3N3/c1-7(3-2-4-16)18-10-9(12)5-8(6-17-10)11(13,14)15/h5-7H,2-4,16H2,1H3,(H,17,18). The van der Waals surface area contributed by atoms with Crippen molar-refractivity contribution >= 4 is 17.4 Å². The molecule has 0 saturated carbocycles. The summed E-state index contributed by atoms with van der Waals surface area (Å²) in [6.45, 7) is 2.46. The second kappa shape index (κ2) is 6.24. The van der Waals surface area contributed by atoms with E-state index in [4.69, 9.17) is 17.3 Å². The number of halogens is 4. The van der Waals surface area contributed by atoms with E-state index >= 15 is 0 Å². The first-order valence-electron chi connectivity index (χ1n) is 5.54. The third-order valence-electron chi connectivity index (χ3n) is 2.39. The number of alkyl halides is 3. The lowest BCUT2D eigenvalue weighted by atomic mass is 10.2. The molecule has 18 heavy (non-hydrogen) atoms. The van der Waals surface area contributed by atoms with Gasteiger partial charge in [0.2, 0.25) is 0 Å². The Labute approximate surface area is 109 Å². The minimum Gasteiger partial charge on any atom is -0.366 e. The minimum atomic E-state index is -4.43. The molecule has 0 fully saturated rings.